The molecule has 13 nitrogen and oxygen atoms in total. The van der Waals surface area contributed by atoms with Gasteiger partial charge in [-0.1, -0.05) is 160 Å². The Bertz CT molecular complexity index is 4100. The molecule has 0 aliphatic heterocycles. The lowest BCUT2D eigenvalue weighted by Crippen LogP contribution is -2.17. The fourth-order valence-electron chi connectivity index (χ4n) is 8.54. The first-order valence-electron chi connectivity index (χ1n) is 27.3. The van der Waals surface area contributed by atoms with Crippen molar-refractivity contribution in [3.8, 4) is 34.5 Å². The second-order valence-electron chi connectivity index (χ2n) is 21.0. The highest BCUT2D eigenvalue weighted by atomic mass is 35.5. The number of nitrogens with one attached hydrogen (secondary N) is 2. The molecule has 0 aliphatic carbocycles. The monoisotopic (exact) mass is 1340 g/mol. The van der Waals surface area contributed by atoms with Gasteiger partial charge in [-0.2, -0.15) is 0 Å². The highest BCUT2D eigenvalue weighted by Crippen LogP contribution is 3.03. The average Bonchev–Trinajstić information content (AvgIpc) is 0.731. The molecule has 0 heterocycles. The van der Waals surface area contributed by atoms with E-state index < -0.39 is 76.3 Å². The van der Waals surface area contributed by atoms with E-state index in [0.717, 1.165) is 33.4 Å². The summed E-state index contributed by atoms with van der Waals surface area (Å²) >= 11 is 5.36. The zero-order valence-electron chi connectivity index (χ0n) is 49.5. The van der Waals surface area contributed by atoms with Gasteiger partial charge >= 0.3 is 20.4 Å². The summed E-state index contributed by atoms with van der Waals surface area (Å²) < 4.78 is 159. The van der Waals surface area contributed by atoms with Gasteiger partial charge in [0, 0.05) is 16.7 Å². The fourth-order valence-corrected chi connectivity index (χ4v) is 10.0. The molecule has 0 aromatic heterocycles. The van der Waals surface area contributed by atoms with Crippen LogP contribution in [0.5, 0.6) is 34.5 Å². The number of aromatic hydroxyl groups is 2. The maximum Gasteiger partial charge on any atom is 0.310 e. The molecule has 9 aromatic carbocycles. The summed E-state index contributed by atoms with van der Waals surface area (Å²) in [5.41, 5.74) is 13.9. The van der Waals surface area contributed by atoms with E-state index >= 15 is 0 Å². The lowest BCUT2D eigenvalue weighted by Gasteiger charge is -2.41. The number of anilines is 4. The summed E-state index contributed by atoms with van der Waals surface area (Å²) in [5, 5.41) is 24.1. The van der Waals surface area contributed by atoms with Crippen molar-refractivity contribution in [1.29, 1.82) is 0 Å². The second kappa shape index (κ2) is 26.2. The third-order valence-electron chi connectivity index (χ3n) is 13.9. The quantitative estimate of drug-likeness (QED) is 0.0194. The van der Waals surface area contributed by atoms with Crippen LogP contribution in [-0.4, -0.2) is 27.3 Å². The van der Waals surface area contributed by atoms with Gasteiger partial charge in [0.1, 0.15) is 42.0 Å². The van der Waals surface area contributed by atoms with Crippen LogP contribution in [-0.2, 0) is 26.4 Å². The molecule has 0 saturated carbocycles. The Balaban J connectivity index is 0.000000364. The van der Waals surface area contributed by atoms with Gasteiger partial charge in [-0.3, -0.25) is 14.4 Å². The van der Waals surface area contributed by atoms with Crippen molar-refractivity contribution < 1.29 is 82.4 Å². The van der Waals surface area contributed by atoms with Crippen LogP contribution < -0.4 is 41.0 Å². The molecule has 0 atom stereocenters. The van der Waals surface area contributed by atoms with Crippen LogP contribution in [0.15, 0.2) is 192 Å². The van der Waals surface area contributed by atoms with Crippen molar-refractivity contribution in [2.45, 2.75) is 70.8 Å². The minimum absolute atomic E-state index is 0.000982. The lowest BCUT2D eigenvalue weighted by molar-refractivity contribution is 0.101. The molecule has 2 amide bonds. The minimum atomic E-state index is -10.5. The molecule has 0 saturated heterocycles. The van der Waals surface area contributed by atoms with Gasteiger partial charge in [-0.25, -0.2) is 0 Å². The van der Waals surface area contributed by atoms with Crippen LogP contribution in [0.25, 0.3) is 0 Å². The van der Waals surface area contributed by atoms with E-state index in [-0.39, 0.29) is 90.1 Å². The SMILES string of the molecule is Cc1cc(C(=O)Cl)cc(C)c1C.Cc1cc(C(=O)Nc2cc(S(F)(F)(F)(F)F)cc(NC(=O)c3cc(OCc4ccccc4)c(OCc4ccccc4)c(OCc4ccccc4)c3)c2O)cc(OCc2ccccc2)c1C.Nc1cc(S(F)(F)(F)(F)F)cc(N)c1O. The first-order chi connectivity index (χ1) is 42.7. The van der Waals surface area contributed by atoms with Crippen molar-refractivity contribution in [2.24, 2.45) is 0 Å². The molecule has 0 unspecified atom stereocenters. The standard InChI is InChI=1S/C50H43F5N2O7S.C10H11ClO.C6H7F5N2OS/c1-33-23-39(24-44(34(33)2)61-29-35-15-7-3-8-16-35)49(59)56-42-27-41(65(51,52,53,54)55)28-43(47(42)58)57-50(60)40-25-45(62-30-36-17-9-4-10-18-36)48(64-32-38-21-13-6-14-22-38)46(26-40)63-31-37-19-11-5-12-20-37;1-6-4-9(10(11)12)5-7(2)8(6)3;7-15(8,9,10,11)3-1-4(12)6(14)5(13)2-3/h3-28,58H,29-32H2,1-2H3,(H,56,59)(H,57,60);4-5H,1-3H3;1-2,14H,12-13H2. The number of phenols is 2. The first-order valence-corrected chi connectivity index (χ1v) is 31.6. The number of halogens is 11. The number of phenolic OH excluding ortho intramolecular Hbond substituents is 2. The number of ether oxygens (including phenoxy) is 4. The van der Waals surface area contributed by atoms with Crippen molar-refractivity contribution in [3.05, 3.63) is 249 Å². The number of carbonyl (C=O) groups excluding carboxylic acids is 3. The van der Waals surface area contributed by atoms with Crippen LogP contribution >= 0.6 is 32.0 Å². The Morgan fingerprint density at radius 2 is 0.717 bits per heavy atom. The maximum atomic E-state index is 14.6. The Labute approximate surface area is 527 Å². The van der Waals surface area contributed by atoms with Gasteiger partial charge in [-0.15, -0.1) is 0 Å². The highest BCUT2D eigenvalue weighted by molar-refractivity contribution is 8.46. The van der Waals surface area contributed by atoms with Gasteiger partial charge in [0.25, 0.3) is 17.1 Å². The van der Waals surface area contributed by atoms with Crippen LogP contribution in [0, 0.1) is 34.6 Å². The van der Waals surface area contributed by atoms with E-state index in [1.807, 2.05) is 106 Å². The van der Waals surface area contributed by atoms with Gasteiger partial charge < -0.3 is 51.3 Å². The van der Waals surface area contributed by atoms with Gasteiger partial charge in [0.05, 0.1) is 22.7 Å². The lowest BCUT2D eigenvalue weighted by atomic mass is 10.0. The van der Waals surface area contributed by atoms with Crippen LogP contribution in [0.4, 0.5) is 61.6 Å². The number of aryl methyl sites for hydroxylation is 3. The Morgan fingerprint density at radius 3 is 1.08 bits per heavy atom. The van der Waals surface area contributed by atoms with E-state index in [0.29, 0.717) is 16.7 Å². The summed E-state index contributed by atoms with van der Waals surface area (Å²) in [6.07, 6.45) is 0. The maximum absolute atomic E-state index is 14.6. The molecule has 0 fully saturated rings. The van der Waals surface area contributed by atoms with E-state index in [2.05, 4.69) is 10.6 Å². The molecule has 0 aliphatic rings. The predicted octanol–water partition coefficient (Wildman–Crippen LogP) is 19.7. The largest absolute Gasteiger partial charge is 0.504 e. The zero-order chi connectivity index (χ0) is 67.7. The smallest absolute Gasteiger partial charge is 0.310 e. The van der Waals surface area contributed by atoms with Crippen molar-refractivity contribution in [1.82, 2.24) is 0 Å². The number of rotatable bonds is 19. The zero-order valence-corrected chi connectivity index (χ0v) is 51.9. The van der Waals surface area contributed by atoms with Crippen LogP contribution in [0.3, 0.4) is 0 Å². The normalized spacial score (nSPS) is 12.7. The van der Waals surface area contributed by atoms with E-state index in [4.69, 9.17) is 47.1 Å². The third kappa shape index (κ3) is 19.2. The molecule has 8 N–H and O–H groups in total. The minimum Gasteiger partial charge on any atom is -0.504 e. The number of nitrogens with two attached hydrogens (primary N) is 2. The Hall–Kier alpha value is -9.72. The van der Waals surface area contributed by atoms with Crippen LogP contribution in [0.1, 0.15) is 81.1 Å². The van der Waals surface area contributed by atoms with E-state index in [9.17, 15) is 58.3 Å². The number of hydrogen-bond acceptors (Lipinski definition) is 11. The van der Waals surface area contributed by atoms with Crippen molar-refractivity contribution >= 4 is 71.9 Å². The second-order valence-corrected chi connectivity index (χ2v) is 26.1. The van der Waals surface area contributed by atoms with Crippen molar-refractivity contribution in [3.63, 3.8) is 0 Å². The molecule has 9 aromatic rings. The molecule has 0 radical (unpaired) electrons. The van der Waals surface area contributed by atoms with E-state index in [1.165, 1.54) is 29.8 Å². The molecule has 26 heteroatoms. The molecule has 92 heavy (non-hydrogen) atoms. The average molecular weight is 1340 g/mol. The van der Waals surface area contributed by atoms with Crippen molar-refractivity contribution in [2.75, 3.05) is 22.1 Å². The Kier molecular flexibility index (Phi) is 19.9. The summed E-state index contributed by atoms with van der Waals surface area (Å²) in [6, 6.07) is 45.0. The summed E-state index contributed by atoms with van der Waals surface area (Å²) in [4.78, 5) is 33.9. The molecular weight excluding hydrogens is 1280 g/mol. The van der Waals surface area contributed by atoms with Crippen LogP contribution in [0.2, 0.25) is 0 Å². The third-order valence-corrected chi connectivity index (χ3v) is 16.3. The number of nitrogen functional groups attached to an aromatic ring is 2. The number of benzene rings is 9. The molecule has 0 bridgehead atoms. The predicted molar refractivity (Wildman–Crippen MR) is 340 cm³/mol. The first kappa shape index (κ1) is 69.7. The highest BCUT2D eigenvalue weighted by Gasteiger charge is 2.66. The summed E-state index contributed by atoms with van der Waals surface area (Å²) in [6.45, 7) is 9.57. The molecule has 0 spiro atoms. The topological polar surface area (TPSA) is 205 Å². The van der Waals surface area contributed by atoms with E-state index in [1.54, 1.807) is 62.4 Å². The Morgan fingerprint density at radius 1 is 0.413 bits per heavy atom. The van der Waals surface area contributed by atoms with Gasteiger partial charge in [0.15, 0.2) is 23.0 Å². The number of amides is 2. The molecule has 488 valence electrons. The van der Waals surface area contributed by atoms with Gasteiger partial charge in [0.2, 0.25) is 5.75 Å². The number of hydrogen-bond donors (Lipinski definition) is 6. The van der Waals surface area contributed by atoms with Gasteiger partial charge in [-0.05, 0) is 157 Å². The molecular formula is C66H61ClF10N4O9S2. The molecule has 9 rings (SSSR count). The summed E-state index contributed by atoms with van der Waals surface area (Å²) in [7, 11) is -20.3. The summed E-state index contributed by atoms with van der Waals surface area (Å²) in [5.74, 6) is -3.82. The number of carbonyl (C=O) groups is 3. The fraction of sp³-hybridized carbons (Fsp3) is 0.136.